The van der Waals surface area contributed by atoms with E-state index in [1.54, 1.807) is 24.3 Å². The van der Waals surface area contributed by atoms with Crippen LogP contribution in [0.2, 0.25) is 0 Å². The number of aryl methyl sites for hydroxylation is 1. The van der Waals surface area contributed by atoms with Crippen molar-refractivity contribution in [2.75, 3.05) is 0 Å². The lowest BCUT2D eigenvalue weighted by Crippen LogP contribution is -2.22. The van der Waals surface area contributed by atoms with E-state index in [0.717, 1.165) is 53.2 Å². The molecule has 1 N–H and O–H groups in total. The molecular weight excluding hydrogens is 478 g/mol. The lowest BCUT2D eigenvalue weighted by atomic mass is 9.80. The third-order valence-electron chi connectivity index (χ3n) is 7.17. The molecule has 1 saturated carbocycles. The molecule has 0 bridgehead atoms. The minimum absolute atomic E-state index is 0.156. The maximum atomic E-state index is 12.9. The number of alkyl halides is 2. The fourth-order valence-electron chi connectivity index (χ4n) is 5.12. The number of aliphatic carboxylic acids is 1. The van der Waals surface area contributed by atoms with Gasteiger partial charge in [-0.3, -0.25) is 4.79 Å². The maximum absolute atomic E-state index is 12.9. The van der Waals surface area contributed by atoms with Crippen LogP contribution >= 0.6 is 0 Å². The fraction of sp³-hybridized carbons (Fsp3) is 0.357. The molecule has 0 spiro atoms. The Labute approximate surface area is 213 Å². The van der Waals surface area contributed by atoms with Crippen molar-refractivity contribution in [3.8, 4) is 16.9 Å². The van der Waals surface area contributed by atoms with Crippen LogP contribution in [0.15, 0.2) is 55.0 Å². The normalized spacial score (nSPS) is 17.8. The van der Waals surface area contributed by atoms with Gasteiger partial charge in [-0.25, -0.2) is 15.0 Å². The number of imidazole rings is 1. The topological polar surface area (TPSA) is 89.6 Å². The van der Waals surface area contributed by atoms with Crippen molar-refractivity contribution in [3.05, 3.63) is 77.8 Å². The molecule has 3 aromatic heterocycles. The molecule has 4 aromatic rings. The van der Waals surface area contributed by atoms with E-state index >= 15 is 0 Å². The van der Waals surface area contributed by atoms with Crippen LogP contribution < -0.4 is 4.74 Å². The SMILES string of the molecule is Cc1nc2ccc(-c3cnc(CC4CCC(C(=O)O)CC4)nc3)cn2c1Cc1ccccc1OC(F)F. The first kappa shape index (κ1) is 24.8. The van der Waals surface area contributed by atoms with E-state index in [4.69, 9.17) is 4.74 Å². The Morgan fingerprint density at radius 1 is 1.08 bits per heavy atom. The van der Waals surface area contributed by atoms with Crippen LogP contribution in [0.3, 0.4) is 0 Å². The van der Waals surface area contributed by atoms with E-state index < -0.39 is 12.6 Å². The van der Waals surface area contributed by atoms with Crippen molar-refractivity contribution < 1.29 is 23.4 Å². The number of rotatable bonds is 8. The summed E-state index contributed by atoms with van der Waals surface area (Å²) in [5.74, 6) is 0.405. The standard InChI is InChI=1S/C28H28F2N4O3/c1-17-23(13-20-4-2-3-5-24(20)37-28(29)30)34-16-21(10-11-26(34)33-17)22-14-31-25(32-15-22)12-18-6-8-19(9-7-18)27(35)36/h2-5,10-11,14-16,18-19,28H,6-9,12-13H2,1H3,(H,35,36). The molecule has 0 radical (unpaired) electrons. The summed E-state index contributed by atoms with van der Waals surface area (Å²) in [6.07, 6.45) is 9.90. The van der Waals surface area contributed by atoms with Crippen molar-refractivity contribution in [1.82, 2.24) is 19.4 Å². The average Bonchev–Trinajstić information content (AvgIpc) is 3.20. The monoisotopic (exact) mass is 506 g/mol. The Morgan fingerprint density at radius 3 is 2.51 bits per heavy atom. The molecule has 0 aliphatic heterocycles. The molecule has 0 unspecified atom stereocenters. The van der Waals surface area contributed by atoms with E-state index in [2.05, 4.69) is 15.0 Å². The number of halogens is 2. The Bertz CT molecular complexity index is 1400. The molecule has 9 heteroatoms. The van der Waals surface area contributed by atoms with Gasteiger partial charge in [0.05, 0.1) is 11.6 Å². The first-order valence-corrected chi connectivity index (χ1v) is 12.4. The average molecular weight is 507 g/mol. The van der Waals surface area contributed by atoms with Crippen molar-refractivity contribution in [3.63, 3.8) is 0 Å². The summed E-state index contributed by atoms with van der Waals surface area (Å²) >= 11 is 0. The summed E-state index contributed by atoms with van der Waals surface area (Å²) in [4.78, 5) is 25.0. The molecule has 0 saturated heterocycles. The smallest absolute Gasteiger partial charge is 0.387 e. The van der Waals surface area contributed by atoms with Gasteiger partial charge in [-0.1, -0.05) is 18.2 Å². The number of carboxylic acids is 1. The van der Waals surface area contributed by atoms with Crippen molar-refractivity contribution in [2.24, 2.45) is 11.8 Å². The van der Waals surface area contributed by atoms with Gasteiger partial charge in [0.15, 0.2) is 0 Å². The van der Waals surface area contributed by atoms with Gasteiger partial charge in [0.25, 0.3) is 0 Å². The number of benzene rings is 1. The largest absolute Gasteiger partial charge is 0.481 e. The molecule has 0 amide bonds. The van der Waals surface area contributed by atoms with E-state index in [-0.39, 0.29) is 11.7 Å². The summed E-state index contributed by atoms with van der Waals surface area (Å²) in [5.41, 5.74) is 4.89. The van der Waals surface area contributed by atoms with Gasteiger partial charge in [0.1, 0.15) is 17.2 Å². The van der Waals surface area contributed by atoms with Gasteiger partial charge < -0.3 is 14.2 Å². The van der Waals surface area contributed by atoms with Crippen LogP contribution in [0, 0.1) is 18.8 Å². The molecule has 37 heavy (non-hydrogen) atoms. The van der Waals surface area contributed by atoms with Crippen LogP contribution in [0.25, 0.3) is 16.8 Å². The van der Waals surface area contributed by atoms with Crippen molar-refractivity contribution in [1.29, 1.82) is 0 Å². The number of fused-ring (bicyclic) bond motifs is 1. The van der Waals surface area contributed by atoms with Crippen molar-refractivity contribution >= 4 is 11.6 Å². The Morgan fingerprint density at radius 2 is 1.81 bits per heavy atom. The first-order chi connectivity index (χ1) is 17.9. The number of aromatic nitrogens is 4. The van der Waals surface area contributed by atoms with Gasteiger partial charge in [-0.05, 0) is 56.7 Å². The lowest BCUT2D eigenvalue weighted by molar-refractivity contribution is -0.143. The summed E-state index contributed by atoms with van der Waals surface area (Å²) < 4.78 is 32.5. The molecule has 7 nitrogen and oxygen atoms in total. The van der Waals surface area contributed by atoms with Crippen LogP contribution in [-0.4, -0.2) is 37.0 Å². The highest BCUT2D eigenvalue weighted by atomic mass is 19.3. The molecule has 1 aliphatic carbocycles. The second-order valence-corrected chi connectivity index (χ2v) is 9.60. The Kier molecular flexibility index (Phi) is 7.12. The molecule has 1 aliphatic rings. The van der Waals surface area contributed by atoms with E-state index in [1.807, 2.05) is 42.0 Å². The van der Waals surface area contributed by atoms with Gasteiger partial charge in [-0.2, -0.15) is 8.78 Å². The van der Waals surface area contributed by atoms with E-state index in [0.29, 0.717) is 30.7 Å². The molecule has 1 aromatic carbocycles. The quantitative estimate of drug-likeness (QED) is 0.329. The first-order valence-electron chi connectivity index (χ1n) is 12.4. The van der Waals surface area contributed by atoms with Crippen molar-refractivity contribution in [2.45, 2.75) is 52.1 Å². The highest BCUT2D eigenvalue weighted by molar-refractivity contribution is 5.70. The number of hydrogen-bond acceptors (Lipinski definition) is 5. The van der Waals surface area contributed by atoms with Gasteiger partial charge in [0, 0.05) is 53.8 Å². The minimum Gasteiger partial charge on any atom is -0.481 e. The lowest BCUT2D eigenvalue weighted by Gasteiger charge is -2.25. The Balaban J connectivity index is 1.34. The number of nitrogens with zero attached hydrogens (tertiary/aromatic N) is 4. The number of hydrogen-bond donors (Lipinski definition) is 1. The highest BCUT2D eigenvalue weighted by Gasteiger charge is 2.26. The predicted octanol–water partition coefficient (Wildman–Crippen LogP) is 5.73. The zero-order valence-electron chi connectivity index (χ0n) is 20.5. The number of carboxylic acid groups (broad SMARTS) is 1. The highest BCUT2D eigenvalue weighted by Crippen LogP contribution is 2.31. The summed E-state index contributed by atoms with van der Waals surface area (Å²) in [6, 6.07) is 10.7. The van der Waals surface area contributed by atoms with E-state index in [1.165, 1.54) is 0 Å². The van der Waals surface area contributed by atoms with E-state index in [9.17, 15) is 18.7 Å². The molecule has 5 rings (SSSR count). The van der Waals surface area contributed by atoms with Crippen LogP contribution in [0.1, 0.15) is 48.5 Å². The fourth-order valence-corrected chi connectivity index (χ4v) is 5.12. The summed E-state index contributed by atoms with van der Waals surface area (Å²) in [5, 5.41) is 9.19. The molecule has 192 valence electrons. The number of carbonyl (C=O) groups is 1. The van der Waals surface area contributed by atoms with Gasteiger partial charge >= 0.3 is 12.6 Å². The third-order valence-corrected chi connectivity index (χ3v) is 7.17. The Hall–Kier alpha value is -3.88. The molecule has 1 fully saturated rings. The van der Waals surface area contributed by atoms with Crippen LogP contribution in [0.4, 0.5) is 8.78 Å². The molecule has 0 atom stereocenters. The predicted molar refractivity (Wildman–Crippen MR) is 134 cm³/mol. The number of ether oxygens (including phenoxy) is 1. The zero-order chi connectivity index (χ0) is 25.9. The maximum Gasteiger partial charge on any atom is 0.387 e. The molecule has 3 heterocycles. The summed E-state index contributed by atoms with van der Waals surface area (Å²) in [6.45, 7) is -0.987. The van der Waals surface area contributed by atoms with Gasteiger partial charge in [-0.15, -0.1) is 0 Å². The number of para-hydroxylation sites is 1. The third kappa shape index (κ3) is 5.60. The summed E-state index contributed by atoms with van der Waals surface area (Å²) in [7, 11) is 0. The molecular formula is C28H28F2N4O3. The second kappa shape index (κ2) is 10.6. The van der Waals surface area contributed by atoms with Crippen LogP contribution in [0.5, 0.6) is 5.75 Å². The second-order valence-electron chi connectivity index (χ2n) is 9.60. The van der Waals surface area contributed by atoms with Gasteiger partial charge in [0.2, 0.25) is 0 Å². The minimum atomic E-state index is -2.89. The zero-order valence-corrected chi connectivity index (χ0v) is 20.5. The number of pyridine rings is 1. The van der Waals surface area contributed by atoms with Crippen LogP contribution in [-0.2, 0) is 17.6 Å².